The SMILES string of the molecule is COC(=O)C1(NC(=O)c2cc([N+](=O)[O-])ccc2I)CCCCC1. The summed E-state index contributed by atoms with van der Waals surface area (Å²) in [5.74, 6) is -0.962. The second-order valence-corrected chi connectivity index (χ2v) is 6.67. The van der Waals surface area contributed by atoms with Gasteiger partial charge < -0.3 is 10.1 Å². The number of hydrogen-bond donors (Lipinski definition) is 1. The average molecular weight is 432 g/mol. The summed E-state index contributed by atoms with van der Waals surface area (Å²) in [6.07, 6.45) is 3.67. The van der Waals surface area contributed by atoms with Gasteiger partial charge in [-0.1, -0.05) is 19.3 Å². The number of methoxy groups -OCH3 is 1. The predicted octanol–water partition coefficient (Wildman–Crippen LogP) is 2.81. The molecule has 0 aliphatic heterocycles. The van der Waals surface area contributed by atoms with Crippen molar-refractivity contribution in [1.29, 1.82) is 0 Å². The summed E-state index contributed by atoms with van der Waals surface area (Å²) < 4.78 is 5.44. The summed E-state index contributed by atoms with van der Waals surface area (Å²) in [6, 6.07) is 4.08. The number of nitrogens with one attached hydrogen (secondary N) is 1. The number of hydrogen-bond acceptors (Lipinski definition) is 5. The Balaban J connectivity index is 2.30. The van der Waals surface area contributed by atoms with E-state index in [2.05, 4.69) is 5.32 Å². The fourth-order valence-electron chi connectivity index (χ4n) is 2.82. The molecule has 1 aromatic carbocycles. The summed E-state index contributed by atoms with van der Waals surface area (Å²) in [6.45, 7) is 0. The number of rotatable bonds is 4. The molecule has 0 bridgehead atoms. The normalized spacial score (nSPS) is 16.4. The topological polar surface area (TPSA) is 98.5 Å². The third-order valence-corrected chi connectivity index (χ3v) is 4.98. The van der Waals surface area contributed by atoms with Crippen LogP contribution in [0.4, 0.5) is 5.69 Å². The lowest BCUT2D eigenvalue weighted by molar-refractivity contribution is -0.384. The van der Waals surface area contributed by atoms with Gasteiger partial charge in [-0.2, -0.15) is 0 Å². The van der Waals surface area contributed by atoms with E-state index < -0.39 is 22.3 Å². The van der Waals surface area contributed by atoms with Crippen LogP contribution in [0.25, 0.3) is 0 Å². The number of nitro groups is 1. The van der Waals surface area contributed by atoms with Crippen molar-refractivity contribution in [3.8, 4) is 0 Å². The fourth-order valence-corrected chi connectivity index (χ4v) is 3.40. The van der Waals surface area contributed by atoms with Crippen LogP contribution in [0.1, 0.15) is 42.5 Å². The largest absolute Gasteiger partial charge is 0.467 e. The Labute approximate surface area is 147 Å². The quantitative estimate of drug-likeness (QED) is 0.342. The van der Waals surface area contributed by atoms with E-state index in [4.69, 9.17) is 4.74 Å². The highest BCUT2D eigenvalue weighted by atomic mass is 127. The standard InChI is InChI=1S/C15H17IN2O5/c1-23-14(20)15(7-3-2-4-8-15)17-13(19)11-9-10(18(21)22)5-6-12(11)16/h5-6,9H,2-4,7-8H2,1H3,(H,17,19). The van der Waals surface area contributed by atoms with Gasteiger partial charge in [0.05, 0.1) is 17.6 Å². The van der Waals surface area contributed by atoms with Crippen LogP contribution in [-0.4, -0.2) is 29.4 Å². The van der Waals surface area contributed by atoms with Crippen molar-refractivity contribution in [2.45, 2.75) is 37.6 Å². The molecule has 23 heavy (non-hydrogen) atoms. The maximum Gasteiger partial charge on any atom is 0.331 e. The van der Waals surface area contributed by atoms with Crippen LogP contribution in [0.2, 0.25) is 0 Å². The number of esters is 1. The molecule has 0 unspecified atom stereocenters. The van der Waals surface area contributed by atoms with Crippen LogP contribution in [-0.2, 0) is 9.53 Å². The molecule has 1 saturated carbocycles. The summed E-state index contributed by atoms with van der Waals surface area (Å²) in [7, 11) is 1.29. The molecular weight excluding hydrogens is 415 g/mol. The number of carbonyl (C=O) groups excluding carboxylic acids is 2. The van der Waals surface area contributed by atoms with Gasteiger partial charge in [0.25, 0.3) is 11.6 Å². The van der Waals surface area contributed by atoms with E-state index in [9.17, 15) is 19.7 Å². The Bertz CT molecular complexity index is 641. The molecule has 0 atom stereocenters. The van der Waals surface area contributed by atoms with Gasteiger partial charge in [-0.25, -0.2) is 4.79 Å². The van der Waals surface area contributed by atoms with Crippen molar-refractivity contribution in [2.24, 2.45) is 0 Å². The number of nitro benzene ring substituents is 1. The van der Waals surface area contributed by atoms with Crippen molar-refractivity contribution in [3.63, 3.8) is 0 Å². The second-order valence-electron chi connectivity index (χ2n) is 5.51. The first-order chi connectivity index (χ1) is 10.9. The summed E-state index contributed by atoms with van der Waals surface area (Å²) in [5, 5.41) is 13.7. The second kappa shape index (κ2) is 7.24. The maximum absolute atomic E-state index is 12.6. The zero-order valence-electron chi connectivity index (χ0n) is 12.6. The maximum atomic E-state index is 12.6. The van der Waals surface area contributed by atoms with Crippen molar-refractivity contribution >= 4 is 40.2 Å². The Morgan fingerprint density at radius 3 is 2.52 bits per heavy atom. The van der Waals surface area contributed by atoms with Gasteiger partial charge in [0, 0.05) is 15.7 Å². The Hall–Kier alpha value is -1.71. The molecule has 1 fully saturated rings. The molecule has 2 rings (SSSR count). The van der Waals surface area contributed by atoms with E-state index in [1.165, 1.54) is 25.3 Å². The van der Waals surface area contributed by atoms with Gasteiger partial charge in [0.2, 0.25) is 0 Å². The number of benzene rings is 1. The fraction of sp³-hybridized carbons (Fsp3) is 0.467. The average Bonchev–Trinajstić information content (AvgIpc) is 2.54. The monoisotopic (exact) mass is 432 g/mol. The molecule has 0 aromatic heterocycles. The highest BCUT2D eigenvalue weighted by molar-refractivity contribution is 14.1. The Morgan fingerprint density at radius 2 is 1.96 bits per heavy atom. The van der Waals surface area contributed by atoms with E-state index in [0.717, 1.165) is 19.3 Å². The van der Waals surface area contributed by atoms with Gasteiger partial charge in [0.15, 0.2) is 0 Å². The lowest BCUT2D eigenvalue weighted by atomic mass is 9.81. The molecule has 0 spiro atoms. The molecule has 1 aliphatic rings. The lowest BCUT2D eigenvalue weighted by Gasteiger charge is -2.35. The van der Waals surface area contributed by atoms with Crippen LogP contribution in [0.5, 0.6) is 0 Å². The van der Waals surface area contributed by atoms with Gasteiger partial charge in [-0.15, -0.1) is 0 Å². The van der Waals surface area contributed by atoms with Crippen molar-refractivity contribution in [2.75, 3.05) is 7.11 Å². The molecule has 1 aromatic rings. The highest BCUT2D eigenvalue weighted by Gasteiger charge is 2.42. The molecular formula is C15H17IN2O5. The Kier molecular flexibility index (Phi) is 5.55. The summed E-state index contributed by atoms with van der Waals surface area (Å²) in [4.78, 5) is 35.1. The number of halogens is 1. The molecule has 0 saturated heterocycles. The number of amides is 1. The summed E-state index contributed by atoms with van der Waals surface area (Å²) >= 11 is 1.94. The predicted molar refractivity (Wildman–Crippen MR) is 91.1 cm³/mol. The first kappa shape index (κ1) is 17.6. The van der Waals surface area contributed by atoms with Crippen LogP contribution in [0.15, 0.2) is 18.2 Å². The minimum Gasteiger partial charge on any atom is -0.467 e. The smallest absolute Gasteiger partial charge is 0.331 e. The molecule has 1 amide bonds. The van der Waals surface area contributed by atoms with E-state index in [1.54, 1.807) is 0 Å². The molecule has 1 N–H and O–H groups in total. The minimum absolute atomic E-state index is 0.161. The Morgan fingerprint density at radius 1 is 1.30 bits per heavy atom. The number of carbonyl (C=O) groups is 2. The number of nitrogens with zero attached hydrogens (tertiary/aromatic N) is 1. The van der Waals surface area contributed by atoms with Crippen molar-refractivity contribution in [3.05, 3.63) is 37.4 Å². The van der Waals surface area contributed by atoms with E-state index in [-0.39, 0.29) is 11.3 Å². The van der Waals surface area contributed by atoms with Crippen molar-refractivity contribution < 1.29 is 19.2 Å². The highest BCUT2D eigenvalue weighted by Crippen LogP contribution is 2.30. The molecule has 8 heteroatoms. The first-order valence-corrected chi connectivity index (χ1v) is 8.32. The van der Waals surface area contributed by atoms with Gasteiger partial charge in [-0.3, -0.25) is 14.9 Å². The molecule has 1 aliphatic carbocycles. The van der Waals surface area contributed by atoms with Crippen LogP contribution < -0.4 is 5.32 Å². The third-order valence-electron chi connectivity index (χ3n) is 4.04. The van der Waals surface area contributed by atoms with Gasteiger partial charge in [0.1, 0.15) is 5.54 Å². The van der Waals surface area contributed by atoms with Crippen molar-refractivity contribution in [1.82, 2.24) is 5.32 Å². The van der Waals surface area contributed by atoms with Crippen LogP contribution in [0.3, 0.4) is 0 Å². The van der Waals surface area contributed by atoms with Crippen LogP contribution >= 0.6 is 22.6 Å². The number of non-ortho nitro benzene ring substituents is 1. The lowest BCUT2D eigenvalue weighted by Crippen LogP contribution is -2.56. The van der Waals surface area contributed by atoms with Gasteiger partial charge in [-0.05, 0) is 41.5 Å². The zero-order chi connectivity index (χ0) is 17.0. The minimum atomic E-state index is -1.04. The zero-order valence-corrected chi connectivity index (χ0v) is 14.8. The van der Waals surface area contributed by atoms with E-state index in [0.29, 0.717) is 16.4 Å². The molecule has 7 nitrogen and oxygen atoms in total. The summed E-state index contributed by atoms with van der Waals surface area (Å²) in [5.41, 5.74) is -1.02. The third kappa shape index (κ3) is 3.80. The van der Waals surface area contributed by atoms with Gasteiger partial charge >= 0.3 is 5.97 Å². The van der Waals surface area contributed by atoms with E-state index >= 15 is 0 Å². The first-order valence-electron chi connectivity index (χ1n) is 7.24. The van der Waals surface area contributed by atoms with E-state index in [1.807, 2.05) is 22.6 Å². The number of ether oxygens (including phenoxy) is 1. The molecule has 0 radical (unpaired) electrons. The molecule has 124 valence electrons. The molecule has 0 heterocycles. The van der Waals surface area contributed by atoms with Crippen LogP contribution in [0, 0.1) is 13.7 Å².